The molecule has 1 aromatic rings. The van der Waals surface area contributed by atoms with Crippen LogP contribution in [0.4, 0.5) is 0 Å². The molecular weight excluding hydrogens is 292 g/mol. The molecule has 5 nitrogen and oxygen atoms in total. The van der Waals surface area contributed by atoms with E-state index in [4.69, 9.17) is 4.74 Å². The lowest BCUT2D eigenvalue weighted by molar-refractivity contribution is -0.143. The van der Waals surface area contributed by atoms with Crippen LogP contribution in [0.3, 0.4) is 0 Å². The Morgan fingerprint density at radius 1 is 1.17 bits per heavy atom. The molecule has 0 aliphatic heterocycles. The molecule has 1 aliphatic rings. The molecule has 0 bridgehead atoms. The molecule has 5 heteroatoms. The van der Waals surface area contributed by atoms with E-state index in [1.807, 2.05) is 43.9 Å². The maximum Gasteiger partial charge on any atom is 0.307 e. The number of esters is 1. The zero-order valence-corrected chi connectivity index (χ0v) is 13.4. The summed E-state index contributed by atoms with van der Waals surface area (Å²) in [4.78, 5) is 24.2. The van der Waals surface area contributed by atoms with Crippen LogP contribution in [-0.2, 0) is 9.53 Å². The molecule has 1 amide bonds. The van der Waals surface area contributed by atoms with Crippen LogP contribution in [0.5, 0.6) is 0 Å². The molecular formula is C18H21N2O3. The summed E-state index contributed by atoms with van der Waals surface area (Å²) < 4.78 is 5.01. The van der Waals surface area contributed by atoms with E-state index >= 15 is 0 Å². The van der Waals surface area contributed by atoms with Gasteiger partial charge in [-0.05, 0) is 44.7 Å². The van der Waals surface area contributed by atoms with Crippen molar-refractivity contribution in [3.05, 3.63) is 67.5 Å². The summed E-state index contributed by atoms with van der Waals surface area (Å²) in [5, 5.41) is 1.41. The quantitative estimate of drug-likeness (QED) is 0.618. The number of nitrogens with zero attached hydrogens (tertiary/aromatic N) is 1. The van der Waals surface area contributed by atoms with E-state index in [2.05, 4.69) is 5.43 Å². The Kier molecular flexibility index (Phi) is 6.59. The van der Waals surface area contributed by atoms with Crippen molar-refractivity contribution in [1.29, 1.82) is 0 Å². The Morgan fingerprint density at radius 3 is 2.43 bits per heavy atom. The molecule has 1 atom stereocenters. The molecule has 1 N–H and O–H groups in total. The minimum absolute atomic E-state index is 0.157. The van der Waals surface area contributed by atoms with E-state index < -0.39 is 0 Å². The highest BCUT2D eigenvalue weighted by molar-refractivity contribution is 5.93. The van der Waals surface area contributed by atoms with Crippen LogP contribution in [0.25, 0.3) is 0 Å². The molecule has 0 saturated heterocycles. The number of benzene rings is 1. The smallest absolute Gasteiger partial charge is 0.307 e. The lowest BCUT2D eigenvalue weighted by atomic mass is 9.96. The predicted octanol–water partition coefficient (Wildman–Crippen LogP) is 1.99. The van der Waals surface area contributed by atoms with Crippen molar-refractivity contribution < 1.29 is 14.3 Å². The lowest BCUT2D eigenvalue weighted by Crippen LogP contribution is -2.49. The number of hydrogen-bond donors (Lipinski definition) is 1. The molecule has 0 aromatic heterocycles. The fourth-order valence-electron chi connectivity index (χ4n) is 2.31. The minimum atomic E-state index is -0.318. The molecule has 1 fully saturated rings. The van der Waals surface area contributed by atoms with Crippen molar-refractivity contribution in [2.45, 2.75) is 19.4 Å². The summed E-state index contributed by atoms with van der Waals surface area (Å²) in [6.45, 7) is 2.11. The topological polar surface area (TPSA) is 58.6 Å². The zero-order chi connectivity index (χ0) is 16.7. The van der Waals surface area contributed by atoms with Gasteiger partial charge in [0.25, 0.3) is 5.91 Å². The summed E-state index contributed by atoms with van der Waals surface area (Å²) >= 11 is 0. The SMILES string of the molecule is CCOC(=O)CC(NN(C)C(=O)c1ccccc1)[C]1[CH][CH][CH][CH]1. The van der Waals surface area contributed by atoms with E-state index in [0.717, 1.165) is 5.92 Å². The second-order valence-corrected chi connectivity index (χ2v) is 5.14. The van der Waals surface area contributed by atoms with Crippen LogP contribution in [0.15, 0.2) is 30.3 Å². The van der Waals surface area contributed by atoms with Gasteiger partial charge in [0.05, 0.1) is 13.0 Å². The van der Waals surface area contributed by atoms with E-state index in [1.54, 1.807) is 26.1 Å². The Labute approximate surface area is 138 Å². The lowest BCUT2D eigenvalue weighted by Gasteiger charge is -2.29. The van der Waals surface area contributed by atoms with Crippen LogP contribution in [0, 0.1) is 31.6 Å². The molecule has 1 unspecified atom stereocenters. The second-order valence-electron chi connectivity index (χ2n) is 5.14. The second kappa shape index (κ2) is 8.67. The van der Waals surface area contributed by atoms with Crippen molar-refractivity contribution in [2.75, 3.05) is 13.7 Å². The average molecular weight is 313 g/mol. The van der Waals surface area contributed by atoms with Gasteiger partial charge in [0, 0.05) is 24.6 Å². The number of amides is 1. The van der Waals surface area contributed by atoms with Gasteiger partial charge in [-0.3, -0.25) is 14.6 Å². The van der Waals surface area contributed by atoms with Crippen molar-refractivity contribution in [2.24, 2.45) is 0 Å². The number of carbonyl (C=O) groups is 2. The van der Waals surface area contributed by atoms with Gasteiger partial charge in [-0.2, -0.15) is 0 Å². The third-order valence-corrected chi connectivity index (χ3v) is 3.44. The Bertz CT molecular complexity index is 512. The van der Waals surface area contributed by atoms with E-state index in [9.17, 15) is 9.59 Å². The first kappa shape index (κ1) is 17.5. The molecule has 1 aliphatic carbocycles. The van der Waals surface area contributed by atoms with Crippen LogP contribution in [0.1, 0.15) is 23.7 Å². The Morgan fingerprint density at radius 2 is 1.83 bits per heavy atom. The molecule has 0 heterocycles. The number of carbonyl (C=O) groups excluding carboxylic acids is 2. The van der Waals surface area contributed by atoms with Gasteiger partial charge >= 0.3 is 5.97 Å². The van der Waals surface area contributed by atoms with Crippen LogP contribution >= 0.6 is 0 Å². The fourth-order valence-corrected chi connectivity index (χ4v) is 2.31. The third kappa shape index (κ3) is 5.06. The molecule has 5 radical (unpaired) electrons. The summed E-state index contributed by atoms with van der Waals surface area (Å²) in [5.41, 5.74) is 3.67. The van der Waals surface area contributed by atoms with Gasteiger partial charge in [0.2, 0.25) is 0 Å². The Hall–Kier alpha value is -1.88. The van der Waals surface area contributed by atoms with Gasteiger partial charge in [-0.1, -0.05) is 18.2 Å². The average Bonchev–Trinajstić information content (AvgIpc) is 3.09. The molecule has 1 aromatic carbocycles. The number of nitrogens with one attached hydrogen (secondary N) is 1. The van der Waals surface area contributed by atoms with E-state index in [0.29, 0.717) is 12.2 Å². The first-order chi connectivity index (χ1) is 11.1. The van der Waals surface area contributed by atoms with Gasteiger partial charge < -0.3 is 4.74 Å². The normalized spacial score (nSPS) is 16.1. The minimum Gasteiger partial charge on any atom is -0.466 e. The summed E-state index contributed by atoms with van der Waals surface area (Å²) in [6, 6.07) is 8.68. The van der Waals surface area contributed by atoms with E-state index in [1.165, 1.54) is 5.01 Å². The van der Waals surface area contributed by atoms with Crippen LogP contribution < -0.4 is 5.43 Å². The fraction of sp³-hybridized carbons (Fsp3) is 0.278. The monoisotopic (exact) mass is 313 g/mol. The molecule has 1 saturated carbocycles. The largest absolute Gasteiger partial charge is 0.466 e. The van der Waals surface area contributed by atoms with Gasteiger partial charge in [-0.15, -0.1) is 0 Å². The van der Waals surface area contributed by atoms with Gasteiger partial charge in [0.15, 0.2) is 0 Å². The summed E-state index contributed by atoms with van der Waals surface area (Å²) in [7, 11) is 1.65. The number of hydrogen-bond acceptors (Lipinski definition) is 4. The van der Waals surface area contributed by atoms with Crippen LogP contribution in [-0.4, -0.2) is 36.6 Å². The predicted molar refractivity (Wildman–Crippen MR) is 87.2 cm³/mol. The van der Waals surface area contributed by atoms with Crippen molar-refractivity contribution in [3.8, 4) is 0 Å². The molecule has 23 heavy (non-hydrogen) atoms. The first-order valence-corrected chi connectivity index (χ1v) is 7.58. The Balaban J connectivity index is 2.00. The van der Waals surface area contributed by atoms with Crippen molar-refractivity contribution in [3.63, 3.8) is 0 Å². The van der Waals surface area contributed by atoms with E-state index in [-0.39, 0.29) is 24.3 Å². The number of ether oxygens (including phenoxy) is 1. The highest BCUT2D eigenvalue weighted by atomic mass is 16.5. The summed E-state index contributed by atoms with van der Waals surface area (Å²) in [5.74, 6) is 0.475. The first-order valence-electron chi connectivity index (χ1n) is 7.58. The van der Waals surface area contributed by atoms with Gasteiger partial charge in [-0.25, -0.2) is 5.43 Å². The summed E-state index contributed by atoms with van der Waals surface area (Å²) in [6.07, 6.45) is 7.78. The maximum absolute atomic E-state index is 12.4. The molecule has 2 rings (SSSR count). The standard InChI is InChI=1S/C18H21N2O3/c1-3-23-17(21)13-16(14-9-7-8-10-14)19-20(2)18(22)15-11-5-4-6-12-15/h4-12,16,19H,3,13H2,1-2H3. The van der Waals surface area contributed by atoms with Crippen molar-refractivity contribution >= 4 is 11.9 Å². The zero-order valence-electron chi connectivity index (χ0n) is 13.4. The highest BCUT2D eigenvalue weighted by Gasteiger charge is 2.30. The van der Waals surface area contributed by atoms with Crippen molar-refractivity contribution in [1.82, 2.24) is 10.4 Å². The van der Waals surface area contributed by atoms with Crippen LogP contribution in [0.2, 0.25) is 0 Å². The third-order valence-electron chi connectivity index (χ3n) is 3.44. The maximum atomic E-state index is 12.4. The van der Waals surface area contributed by atoms with Gasteiger partial charge in [0.1, 0.15) is 0 Å². The number of hydrazine groups is 1. The number of rotatable bonds is 7. The molecule has 121 valence electrons. The molecule has 0 spiro atoms. The highest BCUT2D eigenvalue weighted by Crippen LogP contribution is 2.28.